The van der Waals surface area contributed by atoms with Crippen molar-refractivity contribution in [3.05, 3.63) is 0 Å². The molecule has 0 fully saturated rings. The predicted octanol–water partition coefficient (Wildman–Crippen LogP) is -0.927. The molecule has 8 nitrogen and oxygen atoms in total. The standard InChI is InChI=1S/C10H18N2O6/c1-4-18-7(13)6(2)12-9(16)11-5-10(3,17)8(14)15/h6,17H,4-5H2,1-3H3,(H,14,15)(H2,11,12,16). The molecule has 0 saturated heterocycles. The van der Waals surface area contributed by atoms with Gasteiger partial charge in [0.2, 0.25) is 0 Å². The Morgan fingerprint density at radius 2 is 1.94 bits per heavy atom. The fraction of sp³-hybridized carbons (Fsp3) is 0.700. The summed E-state index contributed by atoms with van der Waals surface area (Å²) in [7, 11) is 0. The Kier molecular flexibility index (Phi) is 6.11. The first-order chi connectivity index (χ1) is 8.20. The van der Waals surface area contributed by atoms with Gasteiger partial charge in [-0.25, -0.2) is 14.4 Å². The largest absolute Gasteiger partial charge is 0.479 e. The number of aliphatic carboxylic acids is 1. The van der Waals surface area contributed by atoms with Crippen LogP contribution in [0.1, 0.15) is 20.8 Å². The van der Waals surface area contributed by atoms with E-state index in [1.54, 1.807) is 6.92 Å². The molecule has 2 amide bonds. The SMILES string of the molecule is CCOC(=O)C(C)NC(=O)NCC(C)(O)C(=O)O. The Labute approximate surface area is 104 Å². The minimum Gasteiger partial charge on any atom is -0.479 e. The first-order valence-electron chi connectivity index (χ1n) is 5.37. The maximum atomic E-state index is 11.3. The van der Waals surface area contributed by atoms with Gasteiger partial charge in [-0.2, -0.15) is 0 Å². The van der Waals surface area contributed by atoms with Crippen LogP contribution in [0.5, 0.6) is 0 Å². The van der Waals surface area contributed by atoms with Gasteiger partial charge in [0.15, 0.2) is 5.60 Å². The Bertz CT molecular complexity index is 328. The van der Waals surface area contributed by atoms with Gasteiger partial charge in [0.1, 0.15) is 6.04 Å². The van der Waals surface area contributed by atoms with Crippen molar-refractivity contribution in [2.45, 2.75) is 32.4 Å². The van der Waals surface area contributed by atoms with Crippen molar-refractivity contribution < 1.29 is 29.3 Å². The normalized spacial score (nSPS) is 15.1. The van der Waals surface area contributed by atoms with E-state index in [9.17, 15) is 19.5 Å². The van der Waals surface area contributed by atoms with Crippen LogP contribution in [0.2, 0.25) is 0 Å². The van der Waals surface area contributed by atoms with E-state index in [0.29, 0.717) is 0 Å². The molecule has 104 valence electrons. The number of hydrogen-bond donors (Lipinski definition) is 4. The molecule has 0 aromatic rings. The van der Waals surface area contributed by atoms with Crippen LogP contribution in [0.15, 0.2) is 0 Å². The minimum atomic E-state index is -2.06. The van der Waals surface area contributed by atoms with Crippen molar-refractivity contribution in [1.29, 1.82) is 0 Å². The number of nitrogens with one attached hydrogen (secondary N) is 2. The molecule has 0 aliphatic carbocycles. The fourth-order valence-electron chi connectivity index (χ4n) is 0.902. The number of carboxylic acid groups (broad SMARTS) is 1. The summed E-state index contributed by atoms with van der Waals surface area (Å²) in [6.45, 7) is 3.82. The Hall–Kier alpha value is -1.83. The minimum absolute atomic E-state index is 0.195. The van der Waals surface area contributed by atoms with E-state index in [1.807, 2.05) is 0 Å². The number of aliphatic hydroxyl groups is 1. The van der Waals surface area contributed by atoms with Gasteiger partial charge >= 0.3 is 18.0 Å². The summed E-state index contributed by atoms with van der Waals surface area (Å²) in [5, 5.41) is 22.3. The molecule has 18 heavy (non-hydrogen) atoms. The van der Waals surface area contributed by atoms with Crippen molar-refractivity contribution in [3.8, 4) is 0 Å². The molecule has 0 aliphatic heterocycles. The first-order valence-corrected chi connectivity index (χ1v) is 5.37. The van der Waals surface area contributed by atoms with E-state index >= 15 is 0 Å². The number of ether oxygens (including phenoxy) is 1. The zero-order valence-electron chi connectivity index (χ0n) is 10.5. The van der Waals surface area contributed by atoms with E-state index in [2.05, 4.69) is 15.4 Å². The average Bonchev–Trinajstić information content (AvgIpc) is 2.26. The number of carbonyl (C=O) groups is 3. The van der Waals surface area contributed by atoms with E-state index in [1.165, 1.54) is 6.92 Å². The van der Waals surface area contributed by atoms with E-state index < -0.39 is 36.2 Å². The molecule has 0 spiro atoms. The molecule has 0 aliphatic rings. The highest BCUT2D eigenvalue weighted by Gasteiger charge is 2.30. The molecule has 0 rings (SSSR count). The van der Waals surface area contributed by atoms with Gasteiger partial charge in [0.25, 0.3) is 0 Å². The highest BCUT2D eigenvalue weighted by atomic mass is 16.5. The molecule has 0 aromatic heterocycles. The van der Waals surface area contributed by atoms with Gasteiger partial charge in [-0.3, -0.25) is 0 Å². The topological polar surface area (TPSA) is 125 Å². The van der Waals surface area contributed by atoms with Crippen LogP contribution in [0, 0.1) is 0 Å². The zero-order chi connectivity index (χ0) is 14.3. The molecule has 0 aromatic carbocycles. The van der Waals surface area contributed by atoms with Crippen LogP contribution in [-0.4, -0.2) is 53.0 Å². The Morgan fingerprint density at radius 1 is 1.39 bits per heavy atom. The summed E-state index contributed by atoms with van der Waals surface area (Å²) in [6.07, 6.45) is 0. The van der Waals surface area contributed by atoms with Crippen LogP contribution < -0.4 is 10.6 Å². The summed E-state index contributed by atoms with van der Waals surface area (Å²) < 4.78 is 4.66. The lowest BCUT2D eigenvalue weighted by Gasteiger charge is -2.19. The molecule has 0 heterocycles. The van der Waals surface area contributed by atoms with Crippen LogP contribution in [0.3, 0.4) is 0 Å². The van der Waals surface area contributed by atoms with E-state index in [0.717, 1.165) is 6.92 Å². The van der Waals surface area contributed by atoms with Gasteiger partial charge < -0.3 is 25.6 Å². The molecule has 0 bridgehead atoms. The lowest BCUT2D eigenvalue weighted by atomic mass is 10.1. The highest BCUT2D eigenvalue weighted by Crippen LogP contribution is 2.00. The molecule has 0 radical (unpaired) electrons. The smallest absolute Gasteiger partial charge is 0.337 e. The molecule has 4 N–H and O–H groups in total. The first kappa shape index (κ1) is 16.2. The third-order valence-electron chi connectivity index (χ3n) is 2.04. The maximum Gasteiger partial charge on any atom is 0.337 e. The molecular formula is C10H18N2O6. The highest BCUT2D eigenvalue weighted by molar-refractivity contribution is 5.84. The molecular weight excluding hydrogens is 244 g/mol. The maximum absolute atomic E-state index is 11.3. The molecule has 0 saturated carbocycles. The third-order valence-corrected chi connectivity index (χ3v) is 2.04. The van der Waals surface area contributed by atoms with Gasteiger partial charge in [0.05, 0.1) is 13.2 Å². The van der Waals surface area contributed by atoms with E-state index in [-0.39, 0.29) is 6.61 Å². The Balaban J connectivity index is 4.13. The van der Waals surface area contributed by atoms with Crippen molar-refractivity contribution in [3.63, 3.8) is 0 Å². The lowest BCUT2D eigenvalue weighted by Crippen LogP contribution is -2.51. The second-order valence-corrected chi connectivity index (χ2v) is 3.88. The van der Waals surface area contributed by atoms with Gasteiger partial charge in [-0.15, -0.1) is 0 Å². The number of rotatable bonds is 6. The van der Waals surface area contributed by atoms with Crippen LogP contribution >= 0.6 is 0 Å². The summed E-state index contributed by atoms with van der Waals surface area (Å²) >= 11 is 0. The zero-order valence-corrected chi connectivity index (χ0v) is 10.5. The summed E-state index contributed by atoms with van der Waals surface area (Å²) in [5.74, 6) is -2.06. The van der Waals surface area contributed by atoms with Crippen LogP contribution in [0.4, 0.5) is 4.79 Å². The van der Waals surface area contributed by atoms with E-state index in [4.69, 9.17) is 5.11 Å². The third kappa shape index (κ3) is 5.48. The summed E-state index contributed by atoms with van der Waals surface area (Å²) in [5.41, 5.74) is -2.06. The molecule has 2 unspecified atom stereocenters. The van der Waals surface area contributed by atoms with Crippen LogP contribution in [-0.2, 0) is 14.3 Å². The Morgan fingerprint density at radius 3 is 2.39 bits per heavy atom. The predicted molar refractivity (Wildman–Crippen MR) is 60.9 cm³/mol. The average molecular weight is 262 g/mol. The monoisotopic (exact) mass is 262 g/mol. The fourth-order valence-corrected chi connectivity index (χ4v) is 0.902. The number of carboxylic acids is 1. The summed E-state index contributed by atoms with van der Waals surface area (Å²) in [6, 6.07) is -1.63. The van der Waals surface area contributed by atoms with Gasteiger partial charge in [-0.05, 0) is 20.8 Å². The second-order valence-electron chi connectivity index (χ2n) is 3.88. The van der Waals surface area contributed by atoms with Crippen molar-refractivity contribution in [2.24, 2.45) is 0 Å². The summed E-state index contributed by atoms with van der Waals surface area (Å²) in [4.78, 5) is 33.0. The van der Waals surface area contributed by atoms with Crippen molar-refractivity contribution in [1.82, 2.24) is 10.6 Å². The number of amides is 2. The number of esters is 1. The molecule has 2 atom stereocenters. The van der Waals surface area contributed by atoms with Gasteiger partial charge in [-0.1, -0.05) is 0 Å². The lowest BCUT2D eigenvalue weighted by molar-refractivity contribution is -0.155. The number of hydrogen-bond acceptors (Lipinski definition) is 5. The molecule has 8 heteroatoms. The van der Waals surface area contributed by atoms with Gasteiger partial charge in [0, 0.05) is 0 Å². The quantitative estimate of drug-likeness (QED) is 0.458. The van der Waals surface area contributed by atoms with Crippen molar-refractivity contribution in [2.75, 3.05) is 13.2 Å². The van der Waals surface area contributed by atoms with Crippen molar-refractivity contribution >= 4 is 18.0 Å². The van der Waals surface area contributed by atoms with Crippen LogP contribution in [0.25, 0.3) is 0 Å². The number of urea groups is 1. The number of carbonyl (C=O) groups excluding carboxylic acids is 2. The second kappa shape index (κ2) is 6.80.